The Morgan fingerprint density at radius 1 is 0.952 bits per heavy atom. The summed E-state index contributed by atoms with van der Waals surface area (Å²) in [5, 5.41) is 0. The van der Waals surface area contributed by atoms with Gasteiger partial charge in [-0.25, -0.2) is 0 Å². The van der Waals surface area contributed by atoms with E-state index in [1.54, 1.807) is 19.2 Å². The van der Waals surface area contributed by atoms with Gasteiger partial charge in [0, 0.05) is 0 Å². The van der Waals surface area contributed by atoms with Gasteiger partial charge in [0.05, 0.1) is 20.0 Å². The molecular weight excluding hydrogens is 316 g/mol. The third-order valence-corrected chi connectivity index (χ3v) is 2.86. The van der Waals surface area contributed by atoms with Gasteiger partial charge in [-0.1, -0.05) is 35.9 Å². The number of ether oxygens (including phenoxy) is 3. The topological polar surface area (TPSA) is 27.7 Å². The van der Waals surface area contributed by atoms with Crippen LogP contribution in [0.15, 0.2) is 42.5 Å². The normalized spacial score (nSPS) is 9.19. The molecule has 0 atom stereocenters. The van der Waals surface area contributed by atoms with E-state index < -0.39 is 0 Å². The van der Waals surface area contributed by atoms with Gasteiger partial charge >= 0.3 is 17.1 Å². The fourth-order valence-corrected chi connectivity index (χ4v) is 1.89. The van der Waals surface area contributed by atoms with Gasteiger partial charge in [0.15, 0.2) is 11.5 Å². The quantitative estimate of drug-likeness (QED) is 0.478. The van der Waals surface area contributed by atoms with Crippen molar-refractivity contribution in [3.05, 3.63) is 60.0 Å². The molecule has 0 saturated carbocycles. The first kappa shape index (κ1) is 17.0. The van der Waals surface area contributed by atoms with Gasteiger partial charge in [-0.2, -0.15) is 0 Å². The smallest absolute Gasteiger partial charge is 0.510 e. The fraction of sp³-hybridized carbons (Fsp3) is 0.176. The zero-order valence-corrected chi connectivity index (χ0v) is 12.7. The second kappa shape index (κ2) is 8.26. The monoisotopic (exact) mass is 330 g/mol. The van der Waals surface area contributed by atoms with Crippen molar-refractivity contribution < 1.29 is 31.3 Å². The molecule has 0 N–H and O–H groups in total. The summed E-state index contributed by atoms with van der Waals surface area (Å²) in [7, 11) is 3.07. The predicted octanol–water partition coefficient (Wildman–Crippen LogP) is 3.22. The van der Waals surface area contributed by atoms with Gasteiger partial charge in [-0.3, -0.25) is 5.92 Å². The Morgan fingerprint density at radius 2 is 1.62 bits per heavy atom. The van der Waals surface area contributed by atoms with Gasteiger partial charge < -0.3 is 20.6 Å². The van der Waals surface area contributed by atoms with Crippen molar-refractivity contribution in [2.24, 2.45) is 0 Å². The van der Waals surface area contributed by atoms with E-state index in [1.807, 2.05) is 30.3 Å². The van der Waals surface area contributed by atoms with E-state index in [9.17, 15) is 0 Å². The van der Waals surface area contributed by atoms with Crippen LogP contribution in [-0.4, -0.2) is 14.2 Å². The Morgan fingerprint density at radius 3 is 2.19 bits per heavy atom. The van der Waals surface area contributed by atoms with Crippen LogP contribution in [0.2, 0.25) is 0 Å². The van der Waals surface area contributed by atoms with E-state index >= 15 is 0 Å². The average molecular weight is 331 g/mol. The third kappa shape index (κ3) is 3.95. The minimum Gasteiger partial charge on any atom is -0.510 e. The molecule has 0 heterocycles. The van der Waals surface area contributed by atoms with Crippen LogP contribution < -0.4 is 14.2 Å². The first-order chi connectivity index (χ1) is 9.80. The molecule has 0 aliphatic rings. The molecule has 0 aliphatic heterocycles. The predicted molar refractivity (Wildman–Crippen MR) is 76.6 cm³/mol. The molecule has 2 aromatic rings. The average Bonchev–Trinajstić information content (AvgIpc) is 2.52. The van der Waals surface area contributed by atoms with Gasteiger partial charge in [-0.15, -0.1) is 6.07 Å². The number of rotatable bonds is 5. The molecule has 0 unspecified atom stereocenters. The summed E-state index contributed by atoms with van der Waals surface area (Å²) in [5.74, 6) is 3.81. The largest absolute Gasteiger partial charge is 1.00 e. The van der Waals surface area contributed by atoms with Crippen molar-refractivity contribution in [2.75, 3.05) is 14.2 Å². The van der Waals surface area contributed by atoms with E-state index in [2.05, 4.69) is 5.92 Å². The van der Waals surface area contributed by atoms with E-state index in [0.717, 1.165) is 5.56 Å². The maximum atomic E-state index is 7.24. The van der Waals surface area contributed by atoms with Crippen molar-refractivity contribution in [1.82, 2.24) is 0 Å². The van der Waals surface area contributed by atoms with Crippen LogP contribution in [-0.2, 0) is 23.7 Å². The summed E-state index contributed by atoms with van der Waals surface area (Å²) < 4.78 is 16.4. The molecule has 0 aliphatic carbocycles. The maximum absolute atomic E-state index is 7.24. The van der Waals surface area contributed by atoms with Crippen molar-refractivity contribution in [2.45, 2.75) is 6.61 Å². The van der Waals surface area contributed by atoms with E-state index in [-0.39, 0.29) is 17.1 Å². The molecule has 2 aromatic carbocycles. The Hall–Kier alpha value is -2.08. The molecular formula is C17H15CuO3. The molecule has 112 valence electrons. The molecule has 3 nitrogen and oxygen atoms in total. The molecule has 0 spiro atoms. The second-order valence-corrected chi connectivity index (χ2v) is 4.08. The van der Waals surface area contributed by atoms with Crippen LogP contribution >= 0.6 is 0 Å². The van der Waals surface area contributed by atoms with E-state index in [4.69, 9.17) is 20.6 Å². The molecule has 0 saturated heterocycles. The Labute approximate surface area is 135 Å². The molecule has 0 fully saturated rings. The van der Waals surface area contributed by atoms with Crippen molar-refractivity contribution in [3.63, 3.8) is 0 Å². The van der Waals surface area contributed by atoms with E-state index in [1.165, 1.54) is 7.11 Å². The first-order valence-corrected chi connectivity index (χ1v) is 6.14. The summed E-state index contributed by atoms with van der Waals surface area (Å²) in [6, 6.07) is 13.3. The SMILES string of the molecule is [C-]#Cc1ccc(OCc2ccccc2)c(OC)c1OC.[Cu+]. The standard InChI is InChI=1S/C17H15O3.Cu/c1-4-14-10-11-15(17(19-3)16(14)18-2)20-12-13-8-6-5-7-9-13;/h5-11H,12H2,2-3H3;/q-1;+1. The minimum atomic E-state index is 0. The summed E-state index contributed by atoms with van der Waals surface area (Å²) in [6.07, 6.45) is 7.24. The van der Waals surface area contributed by atoms with Crippen LogP contribution in [0.4, 0.5) is 0 Å². The number of hydrogen-bond donors (Lipinski definition) is 0. The molecule has 21 heavy (non-hydrogen) atoms. The van der Waals surface area contributed by atoms with Crippen LogP contribution in [0.5, 0.6) is 17.2 Å². The van der Waals surface area contributed by atoms with Crippen LogP contribution in [0.1, 0.15) is 11.1 Å². The Balaban J connectivity index is 0.00000220. The summed E-state index contributed by atoms with van der Waals surface area (Å²) in [4.78, 5) is 0. The van der Waals surface area contributed by atoms with Crippen molar-refractivity contribution in [1.29, 1.82) is 0 Å². The van der Waals surface area contributed by atoms with Crippen molar-refractivity contribution >= 4 is 0 Å². The van der Waals surface area contributed by atoms with Crippen LogP contribution in [0.3, 0.4) is 0 Å². The number of hydrogen-bond acceptors (Lipinski definition) is 3. The Kier molecular flexibility index (Phi) is 6.68. The van der Waals surface area contributed by atoms with E-state index in [0.29, 0.717) is 29.4 Å². The number of methoxy groups -OCH3 is 2. The summed E-state index contributed by atoms with van der Waals surface area (Å²) in [6.45, 7) is 0.438. The maximum Gasteiger partial charge on any atom is 1.00 e. The van der Waals surface area contributed by atoms with Gasteiger partial charge in [-0.05, 0) is 11.6 Å². The summed E-state index contributed by atoms with van der Waals surface area (Å²) in [5.41, 5.74) is 1.59. The molecule has 2 rings (SSSR count). The third-order valence-electron chi connectivity index (χ3n) is 2.86. The van der Waals surface area contributed by atoms with Gasteiger partial charge in [0.2, 0.25) is 0 Å². The summed E-state index contributed by atoms with van der Waals surface area (Å²) >= 11 is 0. The first-order valence-electron chi connectivity index (χ1n) is 6.14. The number of benzene rings is 2. The fourth-order valence-electron chi connectivity index (χ4n) is 1.89. The molecule has 0 amide bonds. The minimum absolute atomic E-state index is 0. The van der Waals surface area contributed by atoms with Gasteiger partial charge in [0.1, 0.15) is 6.61 Å². The molecule has 0 radical (unpaired) electrons. The van der Waals surface area contributed by atoms with Crippen LogP contribution in [0, 0.1) is 12.3 Å². The zero-order valence-electron chi connectivity index (χ0n) is 11.8. The molecule has 0 aromatic heterocycles. The van der Waals surface area contributed by atoms with Crippen molar-refractivity contribution in [3.8, 4) is 23.2 Å². The molecule has 0 bridgehead atoms. The van der Waals surface area contributed by atoms with Gasteiger partial charge in [0.25, 0.3) is 0 Å². The molecule has 4 heteroatoms. The Bertz CT molecular complexity index is 618. The van der Waals surface area contributed by atoms with Crippen LogP contribution in [0.25, 0.3) is 0 Å². The second-order valence-electron chi connectivity index (χ2n) is 4.08. The zero-order chi connectivity index (χ0) is 14.4.